The van der Waals surface area contributed by atoms with Crippen LogP contribution in [0.15, 0.2) is 53.2 Å². The number of methoxy groups -OCH3 is 1. The van der Waals surface area contributed by atoms with E-state index in [1.165, 1.54) is 7.11 Å². The molecular formula is C23H23NO6. The largest absolute Gasteiger partial charge is 0.514 e. The van der Waals surface area contributed by atoms with E-state index in [4.69, 9.17) is 18.9 Å². The normalized spacial score (nSPS) is 14.9. The summed E-state index contributed by atoms with van der Waals surface area (Å²) in [6, 6.07) is 12.4. The summed E-state index contributed by atoms with van der Waals surface area (Å²) in [6.45, 7) is 7.18. The van der Waals surface area contributed by atoms with Crippen molar-refractivity contribution in [3.8, 4) is 11.5 Å². The van der Waals surface area contributed by atoms with Crippen LogP contribution >= 0.6 is 0 Å². The van der Waals surface area contributed by atoms with Gasteiger partial charge in [0, 0.05) is 5.56 Å². The molecule has 30 heavy (non-hydrogen) atoms. The molecule has 2 aromatic rings. The lowest BCUT2D eigenvalue weighted by Gasteiger charge is -2.19. The predicted molar refractivity (Wildman–Crippen MR) is 112 cm³/mol. The molecule has 1 aliphatic heterocycles. The van der Waals surface area contributed by atoms with Gasteiger partial charge in [-0.2, -0.15) is 0 Å². The number of aryl methyl sites for hydroxylation is 1. The highest BCUT2D eigenvalue weighted by molar-refractivity contribution is 6.12. The van der Waals surface area contributed by atoms with Gasteiger partial charge in [0.05, 0.1) is 7.11 Å². The number of hydrogen-bond acceptors (Lipinski definition) is 7. The third-order valence-corrected chi connectivity index (χ3v) is 3.96. The maximum atomic E-state index is 12.2. The van der Waals surface area contributed by atoms with Crippen LogP contribution in [0.2, 0.25) is 0 Å². The molecule has 7 nitrogen and oxygen atoms in total. The van der Waals surface area contributed by atoms with Gasteiger partial charge in [0.25, 0.3) is 0 Å². The molecule has 0 bridgehead atoms. The van der Waals surface area contributed by atoms with E-state index in [1.54, 1.807) is 45.0 Å². The van der Waals surface area contributed by atoms with Crippen LogP contribution in [0.3, 0.4) is 0 Å². The molecule has 1 aliphatic rings. The van der Waals surface area contributed by atoms with Crippen molar-refractivity contribution in [2.75, 3.05) is 7.11 Å². The van der Waals surface area contributed by atoms with Gasteiger partial charge in [-0.1, -0.05) is 23.8 Å². The summed E-state index contributed by atoms with van der Waals surface area (Å²) in [5.41, 5.74) is 1.88. The first-order valence-corrected chi connectivity index (χ1v) is 9.33. The van der Waals surface area contributed by atoms with E-state index >= 15 is 0 Å². The monoisotopic (exact) mass is 409 g/mol. The number of nitrogens with zero attached hydrogens (tertiary/aromatic N) is 1. The third-order valence-electron chi connectivity index (χ3n) is 3.96. The molecule has 0 unspecified atom stereocenters. The summed E-state index contributed by atoms with van der Waals surface area (Å²) in [5.74, 6) is 0.225. The quantitative estimate of drug-likeness (QED) is 0.415. The summed E-state index contributed by atoms with van der Waals surface area (Å²) in [7, 11) is 1.45. The van der Waals surface area contributed by atoms with Crippen molar-refractivity contribution in [2.45, 2.75) is 33.3 Å². The van der Waals surface area contributed by atoms with Gasteiger partial charge in [-0.25, -0.2) is 14.6 Å². The van der Waals surface area contributed by atoms with E-state index in [0.29, 0.717) is 11.3 Å². The Morgan fingerprint density at radius 1 is 1.10 bits per heavy atom. The molecule has 0 spiro atoms. The molecule has 3 rings (SSSR count). The minimum atomic E-state index is -0.835. The summed E-state index contributed by atoms with van der Waals surface area (Å²) in [5, 5.41) is 0. The van der Waals surface area contributed by atoms with Crippen LogP contribution in [0.1, 0.15) is 37.5 Å². The smallest absolute Gasteiger partial charge is 0.493 e. The first kappa shape index (κ1) is 21.1. The average molecular weight is 409 g/mol. The molecule has 0 radical (unpaired) electrons. The van der Waals surface area contributed by atoms with E-state index in [-0.39, 0.29) is 17.3 Å². The second-order valence-corrected chi connectivity index (χ2v) is 7.68. The fourth-order valence-corrected chi connectivity index (χ4v) is 2.69. The molecule has 2 aromatic carbocycles. The second kappa shape index (κ2) is 8.41. The molecule has 0 atom stereocenters. The molecule has 1 heterocycles. The number of hydrogen-bond donors (Lipinski definition) is 0. The minimum absolute atomic E-state index is 0.161. The molecule has 156 valence electrons. The van der Waals surface area contributed by atoms with Crippen LogP contribution in [0.25, 0.3) is 6.08 Å². The highest BCUT2D eigenvalue weighted by Crippen LogP contribution is 2.30. The number of carbonyl (C=O) groups is 2. The second-order valence-electron chi connectivity index (χ2n) is 7.68. The number of esters is 1. The van der Waals surface area contributed by atoms with Crippen molar-refractivity contribution in [1.82, 2.24) is 0 Å². The Morgan fingerprint density at radius 3 is 2.53 bits per heavy atom. The first-order chi connectivity index (χ1) is 14.1. The van der Waals surface area contributed by atoms with Gasteiger partial charge >= 0.3 is 12.1 Å². The van der Waals surface area contributed by atoms with E-state index in [2.05, 4.69) is 4.99 Å². The number of cyclic esters (lactones) is 1. The lowest BCUT2D eigenvalue weighted by atomic mass is 10.1. The van der Waals surface area contributed by atoms with Crippen LogP contribution in [0.5, 0.6) is 11.5 Å². The Labute approximate surface area is 174 Å². The van der Waals surface area contributed by atoms with Crippen LogP contribution in [0, 0.1) is 6.92 Å². The van der Waals surface area contributed by atoms with E-state index in [1.807, 2.05) is 31.2 Å². The molecule has 7 heteroatoms. The summed E-state index contributed by atoms with van der Waals surface area (Å²) >= 11 is 0. The van der Waals surface area contributed by atoms with Gasteiger partial charge in [0.15, 0.2) is 17.2 Å². The zero-order valence-electron chi connectivity index (χ0n) is 17.5. The lowest BCUT2D eigenvalue weighted by Crippen LogP contribution is -2.26. The van der Waals surface area contributed by atoms with Crippen LogP contribution < -0.4 is 9.47 Å². The van der Waals surface area contributed by atoms with E-state index in [0.717, 1.165) is 11.1 Å². The van der Waals surface area contributed by atoms with Crippen LogP contribution in [0.4, 0.5) is 4.79 Å². The van der Waals surface area contributed by atoms with Crippen molar-refractivity contribution in [1.29, 1.82) is 0 Å². The Balaban J connectivity index is 1.83. The molecule has 0 saturated carbocycles. The third kappa shape index (κ3) is 5.26. The van der Waals surface area contributed by atoms with Crippen molar-refractivity contribution >= 4 is 24.1 Å². The number of benzene rings is 2. The van der Waals surface area contributed by atoms with Gasteiger partial charge in [-0.05, 0) is 63.6 Å². The maximum absolute atomic E-state index is 12.2. The fraction of sp³-hybridized carbons (Fsp3) is 0.261. The standard InChI is InChI=1S/C23H23NO6/c1-14-7-6-8-16(11-14)20-24-17(21(25)29-20)12-15-9-10-18(19(13-15)27-5)28-22(26)30-23(2,3)4/h6-13H,1-5H3/b17-12-. The Kier molecular flexibility index (Phi) is 5.91. The van der Waals surface area contributed by atoms with Gasteiger partial charge < -0.3 is 18.9 Å². The lowest BCUT2D eigenvalue weighted by molar-refractivity contribution is -0.129. The minimum Gasteiger partial charge on any atom is -0.493 e. The Hall–Kier alpha value is -3.61. The Bertz CT molecular complexity index is 1050. The summed E-state index contributed by atoms with van der Waals surface area (Å²) in [6.07, 6.45) is 0.740. The van der Waals surface area contributed by atoms with Crippen LogP contribution in [-0.2, 0) is 14.3 Å². The van der Waals surface area contributed by atoms with Crippen molar-refractivity contribution < 1.29 is 28.5 Å². The van der Waals surface area contributed by atoms with Gasteiger partial charge in [0.2, 0.25) is 5.90 Å². The number of ether oxygens (including phenoxy) is 4. The summed E-state index contributed by atoms with van der Waals surface area (Å²) in [4.78, 5) is 28.4. The zero-order valence-corrected chi connectivity index (χ0v) is 17.5. The van der Waals surface area contributed by atoms with Crippen LogP contribution in [-0.4, -0.2) is 30.7 Å². The van der Waals surface area contributed by atoms with Gasteiger partial charge in [-0.15, -0.1) is 0 Å². The molecule has 0 amide bonds. The molecule has 0 fully saturated rings. The Morgan fingerprint density at radius 2 is 1.87 bits per heavy atom. The molecular weight excluding hydrogens is 386 g/mol. The first-order valence-electron chi connectivity index (χ1n) is 9.33. The van der Waals surface area contributed by atoms with E-state index in [9.17, 15) is 9.59 Å². The van der Waals surface area contributed by atoms with Gasteiger partial charge in [0.1, 0.15) is 5.60 Å². The number of rotatable bonds is 4. The SMILES string of the molecule is COc1cc(/C=C2\N=C(c3cccc(C)c3)OC2=O)ccc1OC(=O)OC(C)(C)C. The zero-order chi connectivity index (χ0) is 21.9. The van der Waals surface area contributed by atoms with E-state index < -0.39 is 17.7 Å². The molecule has 0 aromatic heterocycles. The fourth-order valence-electron chi connectivity index (χ4n) is 2.69. The van der Waals surface area contributed by atoms with Crippen molar-refractivity contribution in [2.24, 2.45) is 4.99 Å². The molecule has 0 saturated heterocycles. The number of carbonyl (C=O) groups excluding carboxylic acids is 2. The topological polar surface area (TPSA) is 83.4 Å². The summed E-state index contributed by atoms with van der Waals surface area (Å²) < 4.78 is 21.0. The number of aliphatic imine (C=N–C) groups is 1. The highest BCUT2D eigenvalue weighted by Gasteiger charge is 2.24. The van der Waals surface area contributed by atoms with Crippen molar-refractivity contribution in [3.05, 3.63) is 64.9 Å². The van der Waals surface area contributed by atoms with Crippen molar-refractivity contribution in [3.63, 3.8) is 0 Å². The van der Waals surface area contributed by atoms with Gasteiger partial charge in [-0.3, -0.25) is 0 Å². The molecule has 0 aliphatic carbocycles. The average Bonchev–Trinajstić information content (AvgIpc) is 3.02. The highest BCUT2D eigenvalue weighted by atomic mass is 16.7. The maximum Gasteiger partial charge on any atom is 0.514 e. The predicted octanol–water partition coefficient (Wildman–Crippen LogP) is 4.66. The molecule has 0 N–H and O–H groups in total.